The number of ether oxygens (including phenoxy) is 1. The molecule has 1 aromatic rings. The average molecular weight is 421 g/mol. The highest BCUT2D eigenvalue weighted by Crippen LogP contribution is 2.39. The number of oxime groups is 1. The number of benzene rings is 1. The first kappa shape index (κ1) is 20.3. The molecule has 0 bridgehead atoms. The topological polar surface area (TPSA) is 94.1 Å². The van der Waals surface area contributed by atoms with Crippen molar-refractivity contribution in [1.29, 1.82) is 0 Å². The monoisotopic (exact) mass is 420 g/mol. The Labute approximate surface area is 171 Å². The number of nitrogens with one attached hydrogen (secondary N) is 1. The third-order valence-electron chi connectivity index (χ3n) is 6.31. The van der Waals surface area contributed by atoms with E-state index in [0.717, 1.165) is 16.8 Å². The molecule has 3 heterocycles. The summed E-state index contributed by atoms with van der Waals surface area (Å²) in [6, 6.07) is 7.78. The Kier molecular flexibility index (Phi) is 5.66. The van der Waals surface area contributed by atoms with Crippen molar-refractivity contribution in [2.24, 2.45) is 10.6 Å². The molecule has 3 aliphatic heterocycles. The van der Waals surface area contributed by atoms with Crippen LogP contribution in [0.2, 0.25) is 0 Å². The molecular formula is C21H28N2O5S. The molecule has 8 heteroatoms. The van der Waals surface area contributed by atoms with E-state index in [-0.39, 0.29) is 29.6 Å². The van der Waals surface area contributed by atoms with Gasteiger partial charge >= 0.3 is 0 Å². The van der Waals surface area contributed by atoms with Gasteiger partial charge in [-0.25, -0.2) is 8.42 Å². The zero-order valence-corrected chi connectivity index (χ0v) is 17.5. The molecule has 2 saturated heterocycles. The SMILES string of the molecule is Cc1ccccc1C1=NO[C@H](CC2(C(=O)N[C@@H]3CCS(=O)(=O)C3)CCOCC2)C1. The van der Waals surface area contributed by atoms with Crippen LogP contribution in [0.3, 0.4) is 0 Å². The van der Waals surface area contributed by atoms with E-state index in [9.17, 15) is 13.2 Å². The van der Waals surface area contributed by atoms with E-state index in [1.54, 1.807) is 0 Å². The fourth-order valence-electron chi connectivity index (χ4n) is 4.56. The fourth-order valence-corrected chi connectivity index (χ4v) is 6.24. The van der Waals surface area contributed by atoms with Gasteiger partial charge in [0.05, 0.1) is 22.6 Å². The minimum absolute atomic E-state index is 0.0335. The average Bonchev–Trinajstić information content (AvgIpc) is 3.28. The van der Waals surface area contributed by atoms with Crippen molar-refractivity contribution in [3.8, 4) is 0 Å². The lowest BCUT2D eigenvalue weighted by molar-refractivity contribution is -0.140. The van der Waals surface area contributed by atoms with Crippen molar-refractivity contribution in [2.45, 2.75) is 51.2 Å². The fraction of sp³-hybridized carbons (Fsp3) is 0.619. The number of nitrogens with zero attached hydrogens (tertiary/aromatic N) is 1. The molecule has 2 fully saturated rings. The van der Waals surface area contributed by atoms with Crippen molar-refractivity contribution in [2.75, 3.05) is 24.7 Å². The molecule has 0 spiro atoms. The van der Waals surface area contributed by atoms with Gasteiger partial charge in [-0.1, -0.05) is 29.4 Å². The molecule has 0 aromatic heterocycles. The van der Waals surface area contributed by atoms with E-state index < -0.39 is 15.3 Å². The third-order valence-corrected chi connectivity index (χ3v) is 8.07. The Morgan fingerprint density at radius 1 is 1.28 bits per heavy atom. The number of sulfone groups is 1. The Morgan fingerprint density at radius 2 is 2.03 bits per heavy atom. The van der Waals surface area contributed by atoms with Gasteiger partial charge in [-0.3, -0.25) is 4.79 Å². The van der Waals surface area contributed by atoms with Crippen LogP contribution in [0.4, 0.5) is 0 Å². The van der Waals surface area contributed by atoms with Crippen molar-refractivity contribution in [3.63, 3.8) is 0 Å². The van der Waals surface area contributed by atoms with Crippen molar-refractivity contribution >= 4 is 21.5 Å². The number of carbonyl (C=O) groups excluding carboxylic acids is 1. The first-order valence-electron chi connectivity index (χ1n) is 10.2. The summed E-state index contributed by atoms with van der Waals surface area (Å²) in [4.78, 5) is 19.0. The predicted molar refractivity (Wildman–Crippen MR) is 110 cm³/mol. The van der Waals surface area contributed by atoms with Crippen LogP contribution in [0.1, 0.15) is 43.2 Å². The number of hydrogen-bond acceptors (Lipinski definition) is 6. The zero-order valence-electron chi connectivity index (χ0n) is 16.7. The number of carbonyl (C=O) groups is 1. The number of amides is 1. The number of hydrogen-bond donors (Lipinski definition) is 1. The van der Waals surface area contributed by atoms with Gasteiger partial charge < -0.3 is 14.9 Å². The van der Waals surface area contributed by atoms with Gasteiger partial charge in [0, 0.05) is 37.7 Å². The number of aryl methyl sites for hydroxylation is 1. The summed E-state index contributed by atoms with van der Waals surface area (Å²) in [6.07, 6.45) is 2.76. The standard InChI is InChI=1S/C21H28N2O5S/c1-15-4-2-3-5-18(15)19-12-17(28-23-19)13-21(7-9-27-10-8-21)20(24)22-16-6-11-29(25,26)14-16/h2-5,16-17H,6-14H2,1H3,(H,22,24)/t16-,17+/m1/s1. The van der Waals surface area contributed by atoms with Crippen LogP contribution in [0.15, 0.2) is 29.4 Å². The highest BCUT2D eigenvalue weighted by atomic mass is 32.2. The van der Waals surface area contributed by atoms with Gasteiger partial charge in [0.1, 0.15) is 6.10 Å². The molecule has 0 radical (unpaired) electrons. The van der Waals surface area contributed by atoms with E-state index in [2.05, 4.69) is 10.5 Å². The van der Waals surface area contributed by atoms with E-state index >= 15 is 0 Å². The lowest BCUT2D eigenvalue weighted by Crippen LogP contribution is -2.50. The molecule has 4 rings (SSSR count). The lowest BCUT2D eigenvalue weighted by Gasteiger charge is -2.37. The summed E-state index contributed by atoms with van der Waals surface area (Å²) in [6.45, 7) is 3.09. The minimum atomic E-state index is -3.04. The number of rotatable bonds is 5. The van der Waals surface area contributed by atoms with Crippen LogP contribution in [-0.2, 0) is 24.2 Å². The molecule has 0 saturated carbocycles. The quantitative estimate of drug-likeness (QED) is 0.786. The van der Waals surface area contributed by atoms with E-state index in [1.807, 2.05) is 31.2 Å². The highest BCUT2D eigenvalue weighted by Gasteiger charge is 2.45. The predicted octanol–water partition coefficient (Wildman–Crippen LogP) is 1.98. The maximum Gasteiger partial charge on any atom is 0.226 e. The summed E-state index contributed by atoms with van der Waals surface area (Å²) in [5, 5.41) is 7.31. The van der Waals surface area contributed by atoms with Crippen LogP contribution in [0.25, 0.3) is 0 Å². The van der Waals surface area contributed by atoms with Gasteiger partial charge in [-0.05, 0) is 31.7 Å². The second-order valence-corrected chi connectivity index (χ2v) is 10.7. The zero-order chi connectivity index (χ0) is 20.5. The molecule has 7 nitrogen and oxygen atoms in total. The first-order chi connectivity index (χ1) is 13.9. The van der Waals surface area contributed by atoms with Crippen LogP contribution < -0.4 is 5.32 Å². The summed E-state index contributed by atoms with van der Waals surface area (Å²) in [7, 11) is -3.04. The van der Waals surface area contributed by atoms with Gasteiger partial charge in [0.25, 0.3) is 0 Å². The third kappa shape index (κ3) is 4.48. The van der Waals surface area contributed by atoms with Gasteiger partial charge in [-0.15, -0.1) is 0 Å². The van der Waals surface area contributed by atoms with Crippen molar-refractivity contribution in [3.05, 3.63) is 35.4 Å². The first-order valence-corrected chi connectivity index (χ1v) is 12.1. The van der Waals surface area contributed by atoms with Crippen LogP contribution in [0.5, 0.6) is 0 Å². The van der Waals surface area contributed by atoms with Crippen LogP contribution in [0, 0.1) is 12.3 Å². The van der Waals surface area contributed by atoms with Gasteiger partial charge in [0.15, 0.2) is 9.84 Å². The molecule has 1 amide bonds. The maximum atomic E-state index is 13.2. The molecular weight excluding hydrogens is 392 g/mol. The second-order valence-electron chi connectivity index (χ2n) is 8.45. The Hall–Kier alpha value is -1.93. The molecule has 29 heavy (non-hydrogen) atoms. The van der Waals surface area contributed by atoms with Crippen LogP contribution >= 0.6 is 0 Å². The Morgan fingerprint density at radius 3 is 2.72 bits per heavy atom. The molecule has 1 aromatic carbocycles. The molecule has 0 aliphatic carbocycles. The molecule has 0 unspecified atom stereocenters. The summed E-state index contributed by atoms with van der Waals surface area (Å²) in [5.41, 5.74) is 2.54. The van der Waals surface area contributed by atoms with Crippen LogP contribution in [-0.4, -0.2) is 56.9 Å². The van der Waals surface area contributed by atoms with Crippen molar-refractivity contribution in [1.82, 2.24) is 5.32 Å². The highest BCUT2D eigenvalue weighted by molar-refractivity contribution is 7.91. The Bertz CT molecular complexity index is 905. The molecule has 158 valence electrons. The smallest absolute Gasteiger partial charge is 0.226 e. The Balaban J connectivity index is 1.44. The van der Waals surface area contributed by atoms with Crippen molar-refractivity contribution < 1.29 is 22.8 Å². The van der Waals surface area contributed by atoms with E-state index in [4.69, 9.17) is 9.57 Å². The molecule has 1 N–H and O–H groups in total. The second kappa shape index (κ2) is 8.07. The maximum absolute atomic E-state index is 13.2. The molecule has 2 atom stereocenters. The van der Waals surface area contributed by atoms with Gasteiger partial charge in [0.2, 0.25) is 5.91 Å². The summed E-state index contributed by atoms with van der Waals surface area (Å²) < 4.78 is 29.0. The largest absolute Gasteiger partial charge is 0.392 e. The lowest BCUT2D eigenvalue weighted by atomic mass is 9.74. The van der Waals surface area contributed by atoms with Gasteiger partial charge in [-0.2, -0.15) is 0 Å². The van der Waals surface area contributed by atoms with E-state index in [1.165, 1.54) is 0 Å². The van der Waals surface area contributed by atoms with E-state index in [0.29, 0.717) is 45.3 Å². The summed E-state index contributed by atoms with van der Waals surface area (Å²) in [5.74, 6) is 0.106. The summed E-state index contributed by atoms with van der Waals surface area (Å²) >= 11 is 0. The molecule has 3 aliphatic rings. The normalized spacial score (nSPS) is 27.8. The minimum Gasteiger partial charge on any atom is -0.392 e.